The highest BCUT2D eigenvalue weighted by atomic mass is 32.1. The normalized spacial score (nSPS) is 10.7. The molecule has 2 heterocycles. The van der Waals surface area contributed by atoms with Gasteiger partial charge in [0.25, 0.3) is 0 Å². The van der Waals surface area contributed by atoms with Crippen LogP contribution in [0.5, 0.6) is 0 Å². The lowest BCUT2D eigenvalue weighted by Gasteiger charge is -2.04. The quantitative estimate of drug-likeness (QED) is 0.833. The summed E-state index contributed by atoms with van der Waals surface area (Å²) in [4.78, 5) is 4.42. The minimum absolute atomic E-state index is 0.581. The fourth-order valence-corrected chi connectivity index (χ4v) is 2.18. The summed E-state index contributed by atoms with van der Waals surface area (Å²) >= 11 is 1.69. The van der Waals surface area contributed by atoms with Crippen molar-refractivity contribution in [2.24, 2.45) is 5.73 Å². The van der Waals surface area contributed by atoms with Gasteiger partial charge in [0, 0.05) is 29.5 Å². The Bertz CT molecular complexity index is 416. The average molecular weight is 207 g/mol. The third kappa shape index (κ3) is 1.86. The highest BCUT2D eigenvalue weighted by molar-refractivity contribution is 7.09. The van der Waals surface area contributed by atoms with E-state index in [1.165, 1.54) is 0 Å². The van der Waals surface area contributed by atoms with Crippen molar-refractivity contribution in [1.82, 2.24) is 9.55 Å². The molecule has 0 aliphatic heterocycles. The van der Waals surface area contributed by atoms with Gasteiger partial charge in [-0.1, -0.05) is 0 Å². The molecule has 2 aromatic rings. The molecule has 0 aliphatic rings. The first-order valence-electron chi connectivity index (χ1n) is 4.54. The molecule has 14 heavy (non-hydrogen) atoms. The Balaban J connectivity index is 2.18. The van der Waals surface area contributed by atoms with E-state index < -0.39 is 0 Å². The molecule has 2 rings (SSSR count). The SMILES string of the molecule is Cc1csc(Cn2cccc2CN)n1. The number of nitrogens with zero attached hydrogens (tertiary/aromatic N) is 2. The van der Waals surface area contributed by atoms with Crippen LogP contribution in [-0.4, -0.2) is 9.55 Å². The molecule has 0 fully saturated rings. The number of hydrogen-bond donors (Lipinski definition) is 1. The molecule has 0 saturated heterocycles. The zero-order valence-electron chi connectivity index (χ0n) is 8.10. The van der Waals surface area contributed by atoms with Gasteiger partial charge in [-0.25, -0.2) is 4.98 Å². The Labute approximate surface area is 87.2 Å². The Hall–Kier alpha value is -1.13. The van der Waals surface area contributed by atoms with Crippen molar-refractivity contribution in [3.05, 3.63) is 40.1 Å². The first kappa shape index (κ1) is 9.43. The van der Waals surface area contributed by atoms with E-state index in [0.29, 0.717) is 6.54 Å². The summed E-state index contributed by atoms with van der Waals surface area (Å²) < 4.78 is 2.14. The van der Waals surface area contributed by atoms with Crippen LogP contribution < -0.4 is 5.73 Å². The summed E-state index contributed by atoms with van der Waals surface area (Å²) in [7, 11) is 0. The van der Waals surface area contributed by atoms with Crippen molar-refractivity contribution < 1.29 is 0 Å². The summed E-state index contributed by atoms with van der Waals surface area (Å²) in [5.74, 6) is 0. The van der Waals surface area contributed by atoms with Gasteiger partial charge in [0.1, 0.15) is 5.01 Å². The maximum atomic E-state index is 5.62. The van der Waals surface area contributed by atoms with Gasteiger partial charge in [-0.05, 0) is 19.1 Å². The summed E-state index contributed by atoms with van der Waals surface area (Å²) in [6, 6.07) is 4.06. The van der Waals surface area contributed by atoms with E-state index in [0.717, 1.165) is 22.9 Å². The number of nitrogens with two attached hydrogens (primary N) is 1. The summed E-state index contributed by atoms with van der Waals surface area (Å²) in [6.45, 7) is 3.43. The van der Waals surface area contributed by atoms with E-state index in [-0.39, 0.29) is 0 Å². The molecular formula is C10H13N3S. The van der Waals surface area contributed by atoms with E-state index in [2.05, 4.69) is 14.9 Å². The van der Waals surface area contributed by atoms with Crippen molar-refractivity contribution in [3.8, 4) is 0 Å². The van der Waals surface area contributed by atoms with Crippen LogP contribution in [0.4, 0.5) is 0 Å². The maximum absolute atomic E-state index is 5.62. The minimum Gasteiger partial charge on any atom is -0.343 e. The number of aromatic nitrogens is 2. The van der Waals surface area contributed by atoms with Gasteiger partial charge in [0.2, 0.25) is 0 Å². The van der Waals surface area contributed by atoms with Crippen molar-refractivity contribution in [1.29, 1.82) is 0 Å². The number of rotatable bonds is 3. The van der Waals surface area contributed by atoms with Gasteiger partial charge < -0.3 is 10.3 Å². The lowest BCUT2D eigenvalue weighted by atomic mass is 10.4. The molecule has 4 heteroatoms. The average Bonchev–Trinajstić information content (AvgIpc) is 2.76. The summed E-state index contributed by atoms with van der Waals surface area (Å²) in [5, 5.41) is 3.20. The Morgan fingerprint density at radius 2 is 2.43 bits per heavy atom. The van der Waals surface area contributed by atoms with E-state index in [1.54, 1.807) is 11.3 Å². The van der Waals surface area contributed by atoms with Crippen LogP contribution in [0.25, 0.3) is 0 Å². The maximum Gasteiger partial charge on any atom is 0.113 e. The van der Waals surface area contributed by atoms with E-state index in [1.807, 2.05) is 25.3 Å². The second-order valence-electron chi connectivity index (χ2n) is 3.21. The van der Waals surface area contributed by atoms with Gasteiger partial charge in [-0.3, -0.25) is 0 Å². The van der Waals surface area contributed by atoms with Gasteiger partial charge in [0.05, 0.1) is 6.54 Å². The minimum atomic E-state index is 0.581. The van der Waals surface area contributed by atoms with Crippen molar-refractivity contribution in [3.63, 3.8) is 0 Å². The zero-order valence-corrected chi connectivity index (χ0v) is 8.92. The molecule has 0 amide bonds. The Morgan fingerprint density at radius 3 is 3.07 bits per heavy atom. The van der Waals surface area contributed by atoms with Crippen LogP contribution in [0.15, 0.2) is 23.7 Å². The highest BCUT2D eigenvalue weighted by Crippen LogP contribution is 2.12. The van der Waals surface area contributed by atoms with Crippen LogP contribution in [-0.2, 0) is 13.1 Å². The van der Waals surface area contributed by atoms with Gasteiger partial charge in [-0.15, -0.1) is 11.3 Å². The summed E-state index contributed by atoms with van der Waals surface area (Å²) in [5.41, 5.74) is 7.86. The lowest BCUT2D eigenvalue weighted by molar-refractivity contribution is 0.738. The standard InChI is InChI=1S/C10H13N3S/c1-8-7-14-10(12-8)6-13-4-2-3-9(13)5-11/h2-4,7H,5-6,11H2,1H3. The van der Waals surface area contributed by atoms with Crippen molar-refractivity contribution >= 4 is 11.3 Å². The molecule has 2 N–H and O–H groups in total. The van der Waals surface area contributed by atoms with Crippen molar-refractivity contribution in [2.75, 3.05) is 0 Å². The molecule has 0 saturated carbocycles. The summed E-state index contributed by atoms with van der Waals surface area (Å²) in [6.07, 6.45) is 2.04. The molecule has 0 atom stereocenters. The first-order chi connectivity index (χ1) is 6.79. The third-order valence-electron chi connectivity index (χ3n) is 2.10. The molecule has 2 aromatic heterocycles. The number of thiazole rings is 1. The lowest BCUT2D eigenvalue weighted by Crippen LogP contribution is -2.07. The van der Waals surface area contributed by atoms with E-state index in [9.17, 15) is 0 Å². The van der Waals surface area contributed by atoms with Crippen molar-refractivity contribution in [2.45, 2.75) is 20.0 Å². The zero-order chi connectivity index (χ0) is 9.97. The van der Waals surface area contributed by atoms with Gasteiger partial charge in [0.15, 0.2) is 0 Å². The van der Waals surface area contributed by atoms with E-state index in [4.69, 9.17) is 5.73 Å². The molecule has 0 aromatic carbocycles. The smallest absolute Gasteiger partial charge is 0.113 e. The molecular weight excluding hydrogens is 194 g/mol. The van der Waals surface area contributed by atoms with Crippen LogP contribution in [0, 0.1) is 6.92 Å². The Morgan fingerprint density at radius 1 is 1.57 bits per heavy atom. The molecule has 0 aliphatic carbocycles. The molecule has 3 nitrogen and oxygen atoms in total. The van der Waals surface area contributed by atoms with Gasteiger partial charge >= 0.3 is 0 Å². The second kappa shape index (κ2) is 3.94. The number of aryl methyl sites for hydroxylation is 1. The Kier molecular flexibility index (Phi) is 2.65. The number of hydrogen-bond acceptors (Lipinski definition) is 3. The molecule has 0 radical (unpaired) electrons. The van der Waals surface area contributed by atoms with Crippen LogP contribution in [0.2, 0.25) is 0 Å². The molecule has 0 unspecified atom stereocenters. The predicted octanol–water partition coefficient (Wildman–Crippen LogP) is 1.76. The van der Waals surface area contributed by atoms with Crippen LogP contribution in [0.3, 0.4) is 0 Å². The molecule has 0 bridgehead atoms. The fourth-order valence-electron chi connectivity index (χ4n) is 1.41. The second-order valence-corrected chi connectivity index (χ2v) is 4.16. The molecule has 0 spiro atoms. The topological polar surface area (TPSA) is 43.8 Å². The third-order valence-corrected chi connectivity index (χ3v) is 3.06. The highest BCUT2D eigenvalue weighted by Gasteiger charge is 2.02. The molecule has 74 valence electrons. The van der Waals surface area contributed by atoms with Crippen LogP contribution >= 0.6 is 11.3 Å². The largest absolute Gasteiger partial charge is 0.343 e. The predicted molar refractivity (Wildman–Crippen MR) is 58.3 cm³/mol. The fraction of sp³-hybridized carbons (Fsp3) is 0.300. The van der Waals surface area contributed by atoms with E-state index >= 15 is 0 Å². The monoisotopic (exact) mass is 207 g/mol. The van der Waals surface area contributed by atoms with Crippen LogP contribution in [0.1, 0.15) is 16.4 Å². The van der Waals surface area contributed by atoms with Gasteiger partial charge in [-0.2, -0.15) is 0 Å². The first-order valence-corrected chi connectivity index (χ1v) is 5.42.